The van der Waals surface area contributed by atoms with E-state index in [1.165, 1.54) is 37.2 Å². The highest BCUT2D eigenvalue weighted by Crippen LogP contribution is 2.56. The third-order valence-corrected chi connectivity index (χ3v) is 7.11. The Bertz CT molecular complexity index is 1250. The Morgan fingerprint density at radius 2 is 1.77 bits per heavy atom. The first-order chi connectivity index (χ1) is 16.3. The van der Waals surface area contributed by atoms with Crippen LogP contribution in [0.25, 0.3) is 5.76 Å². The first-order valence-corrected chi connectivity index (χ1v) is 10.5. The smallest absolute Gasteiger partial charge is 0.313 e. The fraction of sp³-hybridized carbons (Fsp3) is 0.391. The highest BCUT2D eigenvalue weighted by Gasteiger charge is 2.69. The molecule has 12 heteroatoms. The van der Waals surface area contributed by atoms with Crippen LogP contribution in [-0.2, 0) is 23.9 Å². The predicted octanol–water partition coefficient (Wildman–Crippen LogP) is -1.35. The number of methoxy groups -OCH3 is 1. The van der Waals surface area contributed by atoms with Gasteiger partial charge < -0.3 is 36.0 Å². The van der Waals surface area contributed by atoms with Crippen molar-refractivity contribution >= 4 is 29.2 Å². The molecule has 0 spiro atoms. The van der Waals surface area contributed by atoms with Crippen LogP contribution in [0, 0.1) is 11.8 Å². The van der Waals surface area contributed by atoms with E-state index in [1.807, 2.05) is 0 Å². The van der Waals surface area contributed by atoms with Crippen molar-refractivity contribution in [3.8, 4) is 5.75 Å². The van der Waals surface area contributed by atoms with Gasteiger partial charge in [-0.3, -0.25) is 24.1 Å². The number of nitrogens with two attached hydrogens (primary N) is 1. The average molecular weight is 488 g/mol. The van der Waals surface area contributed by atoms with Crippen LogP contribution in [0.4, 0.5) is 0 Å². The van der Waals surface area contributed by atoms with E-state index in [2.05, 4.69) is 0 Å². The summed E-state index contributed by atoms with van der Waals surface area (Å²) in [5, 5.41) is 55.4. The molecule has 1 aromatic carbocycles. The van der Waals surface area contributed by atoms with Gasteiger partial charge in [0.25, 0.3) is 5.91 Å². The van der Waals surface area contributed by atoms with E-state index in [0.717, 1.165) is 7.11 Å². The van der Waals surface area contributed by atoms with Crippen molar-refractivity contribution in [1.29, 1.82) is 0 Å². The summed E-state index contributed by atoms with van der Waals surface area (Å²) in [7, 11) is 3.84. The van der Waals surface area contributed by atoms with Crippen molar-refractivity contribution < 1.29 is 49.4 Å². The van der Waals surface area contributed by atoms with Gasteiger partial charge in [0, 0.05) is 11.5 Å². The molecule has 4 rings (SSSR count). The van der Waals surface area contributed by atoms with Crippen LogP contribution in [0.1, 0.15) is 17.0 Å². The van der Waals surface area contributed by atoms with Crippen molar-refractivity contribution in [2.45, 2.75) is 23.7 Å². The van der Waals surface area contributed by atoms with E-state index in [9.17, 15) is 44.7 Å². The number of likely N-dealkylation sites (N-methyl/N-ethyl adjacent to an activating group) is 1. The Morgan fingerprint density at radius 1 is 1.14 bits per heavy atom. The molecule has 1 aromatic rings. The number of fused-ring (bicyclic) bond motifs is 3. The molecule has 186 valence electrons. The Morgan fingerprint density at radius 3 is 2.31 bits per heavy atom. The van der Waals surface area contributed by atoms with E-state index in [0.29, 0.717) is 0 Å². The van der Waals surface area contributed by atoms with Gasteiger partial charge >= 0.3 is 5.97 Å². The molecule has 35 heavy (non-hydrogen) atoms. The number of aliphatic hydroxyl groups is 4. The lowest BCUT2D eigenvalue weighted by Crippen LogP contribution is -2.70. The lowest BCUT2D eigenvalue weighted by molar-refractivity contribution is -0.171. The summed E-state index contributed by atoms with van der Waals surface area (Å²) in [6.07, 6.45) is -1.90. The van der Waals surface area contributed by atoms with Crippen molar-refractivity contribution in [3.05, 3.63) is 46.2 Å². The predicted molar refractivity (Wildman–Crippen MR) is 117 cm³/mol. The lowest BCUT2D eigenvalue weighted by Gasteiger charge is -2.53. The number of ether oxygens (including phenoxy) is 1. The number of rotatable bonds is 3. The summed E-state index contributed by atoms with van der Waals surface area (Å²) < 4.78 is 4.87. The quantitative estimate of drug-likeness (QED) is 0.216. The molecule has 12 nitrogen and oxygen atoms in total. The molecule has 3 aliphatic rings. The topological polar surface area (TPSA) is 208 Å². The highest BCUT2D eigenvalue weighted by molar-refractivity contribution is 6.24. The van der Waals surface area contributed by atoms with Crippen LogP contribution in [0.5, 0.6) is 5.75 Å². The number of Topliss-reactive ketones (excluding diaryl/α,β-unsaturated/α-hetero) is 2. The number of aromatic hydroxyl groups is 1. The van der Waals surface area contributed by atoms with Gasteiger partial charge in [-0.05, 0) is 25.7 Å². The number of nitrogens with zero attached hydrogens (tertiary/aromatic N) is 1. The second kappa shape index (κ2) is 7.90. The minimum absolute atomic E-state index is 0.0431. The maximum atomic E-state index is 13.8. The van der Waals surface area contributed by atoms with Crippen molar-refractivity contribution in [1.82, 2.24) is 4.90 Å². The zero-order valence-electron chi connectivity index (χ0n) is 18.9. The Labute approximate surface area is 198 Å². The second-order valence-electron chi connectivity index (χ2n) is 9.00. The maximum absolute atomic E-state index is 13.8. The fourth-order valence-corrected chi connectivity index (χ4v) is 5.67. The monoisotopic (exact) mass is 488 g/mol. The molecule has 0 saturated heterocycles. The molecule has 0 bridgehead atoms. The van der Waals surface area contributed by atoms with E-state index in [1.54, 1.807) is 0 Å². The average Bonchev–Trinajstić information content (AvgIpc) is 2.78. The number of carbonyl (C=O) groups is 4. The number of amides is 1. The van der Waals surface area contributed by atoms with E-state index in [-0.39, 0.29) is 11.1 Å². The van der Waals surface area contributed by atoms with Crippen LogP contribution in [0.3, 0.4) is 0 Å². The molecule has 0 unspecified atom stereocenters. The maximum Gasteiger partial charge on any atom is 0.313 e. The molecule has 1 saturated carbocycles. The normalized spacial score (nSPS) is 32.2. The molecule has 3 aliphatic carbocycles. The van der Waals surface area contributed by atoms with Crippen LogP contribution >= 0.6 is 0 Å². The number of primary amides is 1. The molecule has 1 fully saturated rings. The SMILES string of the molecule is COC(=O)[C@H]1c2cccc(O)c2C(O)=C2C(=O)[C@]3(O)C(O)=C(C(N)=O)C(=O)[C@@H](N(C)C)[C@@H]3[C@@H](O)[C@@H]21. The Kier molecular flexibility index (Phi) is 5.51. The number of esters is 1. The van der Waals surface area contributed by atoms with Crippen LogP contribution in [0.15, 0.2) is 35.1 Å². The molecule has 0 aromatic heterocycles. The van der Waals surface area contributed by atoms with Crippen LogP contribution in [-0.4, -0.2) is 92.8 Å². The largest absolute Gasteiger partial charge is 0.508 e. The van der Waals surface area contributed by atoms with Gasteiger partial charge in [0.2, 0.25) is 5.78 Å². The highest BCUT2D eigenvalue weighted by atomic mass is 16.5. The van der Waals surface area contributed by atoms with Gasteiger partial charge in [-0.15, -0.1) is 0 Å². The van der Waals surface area contributed by atoms with Crippen molar-refractivity contribution in [3.63, 3.8) is 0 Å². The number of benzene rings is 1. The molecule has 1 amide bonds. The van der Waals surface area contributed by atoms with E-state index in [4.69, 9.17) is 10.5 Å². The summed E-state index contributed by atoms with van der Waals surface area (Å²) in [4.78, 5) is 53.1. The molecular formula is C23H24N2O10. The number of hydrogen-bond acceptors (Lipinski definition) is 11. The fourth-order valence-electron chi connectivity index (χ4n) is 5.67. The molecule has 0 heterocycles. The van der Waals surface area contributed by atoms with E-state index < -0.39 is 87.4 Å². The van der Waals surface area contributed by atoms with Gasteiger partial charge in [-0.1, -0.05) is 12.1 Å². The standard InChI is InChI=1S/C23H24N2O10/c1-25(2)15-14-17(28)11-10(22(33)35-3)7-5-4-6-8(26)9(7)16(27)12(11)19(30)23(14,34)20(31)13(18(15)29)21(24)32/h4-6,10-11,14-15,17,26-28,31,34H,1-3H3,(H2,24,32)/t10-,11+,14+,15-,17-,23-/m0/s1. The van der Waals surface area contributed by atoms with Gasteiger partial charge in [0.15, 0.2) is 11.4 Å². The molecule has 6 atom stereocenters. The van der Waals surface area contributed by atoms with Gasteiger partial charge in [-0.25, -0.2) is 0 Å². The van der Waals surface area contributed by atoms with Crippen molar-refractivity contribution in [2.24, 2.45) is 17.6 Å². The molecule has 0 aliphatic heterocycles. The molecule has 7 N–H and O–H groups in total. The molecular weight excluding hydrogens is 464 g/mol. The molecule has 0 radical (unpaired) electrons. The van der Waals surface area contributed by atoms with Crippen LogP contribution < -0.4 is 5.73 Å². The number of hydrogen-bond donors (Lipinski definition) is 6. The summed E-state index contributed by atoms with van der Waals surface area (Å²) >= 11 is 0. The number of phenolic OH excluding ortho intramolecular Hbond substituents is 1. The second-order valence-corrected chi connectivity index (χ2v) is 9.00. The summed E-state index contributed by atoms with van der Waals surface area (Å²) in [6.45, 7) is 0. The zero-order chi connectivity index (χ0) is 26.1. The minimum Gasteiger partial charge on any atom is -0.508 e. The number of carbonyl (C=O) groups excluding carboxylic acids is 4. The van der Waals surface area contributed by atoms with Crippen molar-refractivity contribution in [2.75, 3.05) is 21.2 Å². The lowest BCUT2D eigenvalue weighted by atomic mass is 9.54. The minimum atomic E-state index is -3.06. The summed E-state index contributed by atoms with van der Waals surface area (Å²) in [5.41, 5.74) is 0.238. The van der Waals surface area contributed by atoms with Gasteiger partial charge in [0.05, 0.1) is 36.7 Å². The van der Waals surface area contributed by atoms with Gasteiger partial charge in [0.1, 0.15) is 22.8 Å². The first kappa shape index (κ1) is 24.4. The third kappa shape index (κ3) is 2.97. The summed E-state index contributed by atoms with van der Waals surface area (Å²) in [5.74, 6) is -12.2. The van der Waals surface area contributed by atoms with E-state index >= 15 is 0 Å². The number of aliphatic hydroxyl groups excluding tert-OH is 3. The third-order valence-electron chi connectivity index (χ3n) is 7.11. The number of phenols is 1. The Balaban J connectivity index is 2.11. The first-order valence-electron chi connectivity index (χ1n) is 10.5. The Hall–Kier alpha value is -3.74. The number of ketones is 2. The summed E-state index contributed by atoms with van der Waals surface area (Å²) in [6, 6.07) is 2.44. The van der Waals surface area contributed by atoms with Gasteiger partial charge in [-0.2, -0.15) is 0 Å². The van der Waals surface area contributed by atoms with Crippen LogP contribution in [0.2, 0.25) is 0 Å². The zero-order valence-corrected chi connectivity index (χ0v) is 18.9.